The summed E-state index contributed by atoms with van der Waals surface area (Å²) in [6, 6.07) is 8.20. The van der Waals surface area contributed by atoms with Gasteiger partial charge in [0.05, 0.1) is 42.7 Å². The molecular weight excluding hydrogens is 444 g/mol. The number of rotatable bonds is 6. The smallest absolute Gasteiger partial charge is 0.338 e. The Labute approximate surface area is 194 Å². The van der Waals surface area contributed by atoms with Gasteiger partial charge in [-0.15, -0.1) is 0 Å². The van der Waals surface area contributed by atoms with E-state index in [-0.39, 0.29) is 12.2 Å². The SMILES string of the molecule is CCOC(=O)C1=C(C)N=c2s/c(=C/c3ccc(C)o3)c(=O)n2[C@@H]1c1ccc(OC)c(OC)c1. The molecule has 1 aliphatic rings. The van der Waals surface area contributed by atoms with E-state index in [0.717, 1.165) is 5.76 Å². The van der Waals surface area contributed by atoms with Crippen LogP contribution in [0.15, 0.2) is 55.8 Å². The number of nitrogens with zero attached hydrogens (tertiary/aromatic N) is 2. The Kier molecular flexibility index (Phi) is 6.24. The fourth-order valence-electron chi connectivity index (χ4n) is 3.79. The third kappa shape index (κ3) is 4.11. The van der Waals surface area contributed by atoms with E-state index >= 15 is 0 Å². The molecule has 9 heteroatoms. The van der Waals surface area contributed by atoms with E-state index in [1.54, 1.807) is 51.3 Å². The number of furan rings is 1. The summed E-state index contributed by atoms with van der Waals surface area (Å²) >= 11 is 1.24. The molecule has 172 valence electrons. The van der Waals surface area contributed by atoms with Crippen LogP contribution in [0.25, 0.3) is 6.08 Å². The van der Waals surface area contributed by atoms with Crippen molar-refractivity contribution in [1.82, 2.24) is 4.57 Å². The standard InChI is InChI=1S/C24H24N2O6S/c1-6-31-23(28)20-14(3)25-24-26(21(20)15-8-10-17(29-4)18(11-15)30-5)22(27)19(33-24)12-16-9-7-13(2)32-16/h7-12,21H,6H2,1-5H3/b19-12+/t21-/m1/s1. The van der Waals surface area contributed by atoms with E-state index in [9.17, 15) is 9.59 Å². The molecule has 33 heavy (non-hydrogen) atoms. The number of esters is 1. The van der Waals surface area contributed by atoms with Gasteiger partial charge in [-0.05, 0) is 50.6 Å². The predicted molar refractivity (Wildman–Crippen MR) is 123 cm³/mol. The lowest BCUT2D eigenvalue weighted by atomic mass is 9.95. The second kappa shape index (κ2) is 9.11. The number of carbonyl (C=O) groups excluding carboxylic acids is 1. The molecule has 0 aliphatic carbocycles. The fraction of sp³-hybridized carbons (Fsp3) is 0.292. The maximum atomic E-state index is 13.5. The largest absolute Gasteiger partial charge is 0.493 e. The number of allylic oxidation sites excluding steroid dienone is 1. The minimum Gasteiger partial charge on any atom is -0.493 e. The van der Waals surface area contributed by atoms with Gasteiger partial charge >= 0.3 is 5.97 Å². The molecular formula is C24H24N2O6S. The number of benzene rings is 1. The second-order valence-electron chi connectivity index (χ2n) is 7.37. The second-order valence-corrected chi connectivity index (χ2v) is 8.37. The van der Waals surface area contributed by atoms with Crippen LogP contribution in [-0.4, -0.2) is 31.4 Å². The van der Waals surface area contributed by atoms with Gasteiger partial charge in [0.1, 0.15) is 11.5 Å². The highest BCUT2D eigenvalue weighted by atomic mass is 32.1. The maximum Gasteiger partial charge on any atom is 0.338 e. The van der Waals surface area contributed by atoms with Crippen molar-refractivity contribution in [2.45, 2.75) is 26.8 Å². The first-order valence-corrected chi connectivity index (χ1v) is 11.2. The summed E-state index contributed by atoms with van der Waals surface area (Å²) in [4.78, 5) is 31.5. The highest BCUT2D eigenvalue weighted by molar-refractivity contribution is 7.07. The van der Waals surface area contributed by atoms with Gasteiger partial charge in [0, 0.05) is 6.08 Å². The summed E-state index contributed by atoms with van der Waals surface area (Å²) in [5.41, 5.74) is 1.19. The van der Waals surface area contributed by atoms with Crippen molar-refractivity contribution in [3.63, 3.8) is 0 Å². The summed E-state index contributed by atoms with van der Waals surface area (Å²) in [5.74, 6) is 1.83. The molecule has 0 N–H and O–H groups in total. The quantitative estimate of drug-likeness (QED) is 0.517. The van der Waals surface area contributed by atoms with Crippen LogP contribution in [0.1, 0.15) is 37.0 Å². The number of ether oxygens (including phenoxy) is 3. The number of hydrogen-bond donors (Lipinski definition) is 0. The summed E-state index contributed by atoms with van der Waals surface area (Å²) in [5, 5.41) is 0. The Hall–Kier alpha value is -3.59. The number of aryl methyl sites for hydroxylation is 1. The number of methoxy groups -OCH3 is 2. The van der Waals surface area contributed by atoms with Crippen LogP contribution in [0.4, 0.5) is 0 Å². The highest BCUT2D eigenvalue weighted by Gasteiger charge is 2.33. The van der Waals surface area contributed by atoms with Gasteiger partial charge in [0.25, 0.3) is 5.56 Å². The van der Waals surface area contributed by atoms with Crippen molar-refractivity contribution in [2.24, 2.45) is 4.99 Å². The molecule has 0 spiro atoms. The molecule has 0 bridgehead atoms. The number of fused-ring (bicyclic) bond motifs is 1. The van der Waals surface area contributed by atoms with Gasteiger partial charge < -0.3 is 18.6 Å². The van der Waals surface area contributed by atoms with Crippen molar-refractivity contribution in [1.29, 1.82) is 0 Å². The lowest BCUT2D eigenvalue weighted by Crippen LogP contribution is -2.39. The van der Waals surface area contributed by atoms with Crippen LogP contribution in [0.2, 0.25) is 0 Å². The third-order valence-corrected chi connectivity index (χ3v) is 6.26. The molecule has 1 aliphatic heterocycles. The first-order valence-electron chi connectivity index (χ1n) is 10.4. The molecule has 0 fully saturated rings. The van der Waals surface area contributed by atoms with Crippen LogP contribution in [-0.2, 0) is 9.53 Å². The Bertz CT molecular complexity index is 1430. The van der Waals surface area contributed by atoms with E-state index < -0.39 is 12.0 Å². The molecule has 0 amide bonds. The molecule has 3 aromatic rings. The maximum absolute atomic E-state index is 13.5. The van der Waals surface area contributed by atoms with Crippen molar-refractivity contribution in [3.05, 3.63) is 78.4 Å². The lowest BCUT2D eigenvalue weighted by molar-refractivity contribution is -0.139. The van der Waals surface area contributed by atoms with Crippen LogP contribution in [0.5, 0.6) is 11.5 Å². The Morgan fingerprint density at radius 2 is 1.94 bits per heavy atom. The van der Waals surface area contributed by atoms with Gasteiger partial charge in [0.15, 0.2) is 16.3 Å². The Balaban J connectivity index is 1.97. The van der Waals surface area contributed by atoms with Crippen molar-refractivity contribution in [2.75, 3.05) is 20.8 Å². The van der Waals surface area contributed by atoms with Crippen LogP contribution in [0.3, 0.4) is 0 Å². The molecule has 3 heterocycles. The average molecular weight is 469 g/mol. The first kappa shape index (κ1) is 22.6. The molecule has 4 rings (SSSR count). The monoisotopic (exact) mass is 468 g/mol. The first-order chi connectivity index (χ1) is 15.9. The minimum absolute atomic E-state index is 0.205. The number of hydrogen-bond acceptors (Lipinski definition) is 8. The van der Waals surface area contributed by atoms with E-state index in [1.807, 2.05) is 13.0 Å². The summed E-state index contributed by atoms with van der Waals surface area (Å²) < 4.78 is 23.7. The molecule has 0 radical (unpaired) electrons. The van der Waals surface area contributed by atoms with E-state index in [2.05, 4.69) is 4.99 Å². The normalized spacial score (nSPS) is 15.8. The van der Waals surface area contributed by atoms with Crippen LogP contribution in [0, 0.1) is 6.92 Å². The highest BCUT2D eigenvalue weighted by Crippen LogP contribution is 2.36. The summed E-state index contributed by atoms with van der Waals surface area (Å²) in [7, 11) is 3.08. The Morgan fingerprint density at radius 3 is 2.58 bits per heavy atom. The van der Waals surface area contributed by atoms with E-state index in [0.29, 0.717) is 43.4 Å². The molecule has 0 saturated heterocycles. The molecule has 0 unspecified atom stereocenters. The zero-order valence-corrected chi connectivity index (χ0v) is 19.8. The Morgan fingerprint density at radius 1 is 1.18 bits per heavy atom. The van der Waals surface area contributed by atoms with Crippen LogP contribution >= 0.6 is 11.3 Å². The van der Waals surface area contributed by atoms with E-state index in [4.69, 9.17) is 18.6 Å². The number of carbonyl (C=O) groups is 1. The number of aromatic nitrogens is 1. The van der Waals surface area contributed by atoms with Crippen molar-refractivity contribution in [3.8, 4) is 11.5 Å². The van der Waals surface area contributed by atoms with Crippen molar-refractivity contribution >= 4 is 23.4 Å². The average Bonchev–Trinajstić information content (AvgIpc) is 3.34. The van der Waals surface area contributed by atoms with Crippen LogP contribution < -0.4 is 24.4 Å². The van der Waals surface area contributed by atoms with Gasteiger partial charge in [-0.3, -0.25) is 9.36 Å². The van der Waals surface area contributed by atoms with Crippen molar-refractivity contribution < 1.29 is 23.4 Å². The summed E-state index contributed by atoms with van der Waals surface area (Å²) in [6.45, 7) is 5.52. The topological polar surface area (TPSA) is 92.3 Å². The number of thiazole rings is 1. The third-order valence-electron chi connectivity index (χ3n) is 5.27. The zero-order chi connectivity index (χ0) is 23.7. The fourth-order valence-corrected chi connectivity index (χ4v) is 4.82. The predicted octanol–water partition coefficient (Wildman–Crippen LogP) is 2.72. The summed E-state index contributed by atoms with van der Waals surface area (Å²) in [6.07, 6.45) is 1.69. The molecule has 8 nitrogen and oxygen atoms in total. The van der Waals surface area contributed by atoms with Gasteiger partial charge in [-0.25, -0.2) is 9.79 Å². The molecule has 2 aromatic heterocycles. The lowest BCUT2D eigenvalue weighted by Gasteiger charge is -2.25. The molecule has 0 saturated carbocycles. The van der Waals surface area contributed by atoms with Gasteiger partial charge in [-0.2, -0.15) is 0 Å². The molecule has 1 atom stereocenters. The minimum atomic E-state index is -0.736. The van der Waals surface area contributed by atoms with Gasteiger partial charge in [0.2, 0.25) is 0 Å². The molecule has 1 aromatic carbocycles. The zero-order valence-electron chi connectivity index (χ0n) is 19.0. The van der Waals surface area contributed by atoms with E-state index in [1.165, 1.54) is 23.0 Å². The van der Waals surface area contributed by atoms with Gasteiger partial charge in [-0.1, -0.05) is 17.4 Å².